The maximum Gasteiger partial charge on any atom is 0.137 e. The molecule has 0 spiro atoms. The zero-order valence-electron chi connectivity index (χ0n) is 8.80. The highest BCUT2D eigenvalue weighted by atomic mass is 35.5. The highest BCUT2D eigenvalue weighted by molar-refractivity contribution is 7.99. The molecule has 1 aromatic carbocycles. The number of halogens is 1. The van der Waals surface area contributed by atoms with Gasteiger partial charge < -0.3 is 14.9 Å². The Morgan fingerprint density at radius 1 is 1.38 bits per heavy atom. The second-order valence-corrected chi connectivity index (χ2v) is 4.75. The van der Waals surface area contributed by atoms with Crippen LogP contribution in [0.1, 0.15) is 0 Å². The average molecular weight is 263 g/mol. The number of benzene rings is 1. The Labute approximate surface area is 104 Å². The first kappa shape index (κ1) is 13.6. The molecule has 1 rings (SSSR count). The summed E-state index contributed by atoms with van der Waals surface area (Å²) in [7, 11) is 0. The molecule has 16 heavy (non-hydrogen) atoms. The standard InChI is InChI=1S/C11H15ClO3S/c12-10-3-1-2-4-11(10)15-5-6-16-8-9(14)7-13/h1-4,9,13-14H,5-8H2. The number of rotatable bonds is 7. The van der Waals surface area contributed by atoms with Crippen molar-refractivity contribution in [3.8, 4) is 5.75 Å². The topological polar surface area (TPSA) is 49.7 Å². The van der Waals surface area contributed by atoms with Gasteiger partial charge in [-0.25, -0.2) is 0 Å². The molecule has 0 bridgehead atoms. The van der Waals surface area contributed by atoms with E-state index >= 15 is 0 Å². The SMILES string of the molecule is OCC(O)CSCCOc1ccccc1Cl. The number of aliphatic hydroxyl groups is 2. The van der Waals surface area contributed by atoms with E-state index in [1.165, 1.54) is 11.8 Å². The van der Waals surface area contributed by atoms with E-state index in [4.69, 9.17) is 26.6 Å². The Bertz CT molecular complexity index is 309. The molecule has 90 valence electrons. The number of ether oxygens (including phenoxy) is 1. The first-order chi connectivity index (χ1) is 7.74. The quantitative estimate of drug-likeness (QED) is 0.736. The molecule has 1 atom stereocenters. The lowest BCUT2D eigenvalue weighted by molar-refractivity contribution is 0.113. The lowest BCUT2D eigenvalue weighted by atomic mass is 10.3. The maximum absolute atomic E-state index is 9.09. The van der Waals surface area contributed by atoms with Crippen LogP contribution in [0.25, 0.3) is 0 Å². The average Bonchev–Trinajstić information content (AvgIpc) is 2.30. The molecule has 5 heteroatoms. The van der Waals surface area contributed by atoms with Crippen LogP contribution in [0.2, 0.25) is 5.02 Å². The van der Waals surface area contributed by atoms with E-state index in [1.807, 2.05) is 18.2 Å². The molecular formula is C11H15ClO3S. The predicted molar refractivity (Wildman–Crippen MR) is 67.4 cm³/mol. The van der Waals surface area contributed by atoms with Crippen LogP contribution in [0.15, 0.2) is 24.3 Å². The van der Waals surface area contributed by atoms with Gasteiger partial charge in [0.15, 0.2) is 0 Å². The number of para-hydroxylation sites is 1. The summed E-state index contributed by atoms with van der Waals surface area (Å²) in [6.45, 7) is 0.338. The summed E-state index contributed by atoms with van der Waals surface area (Å²) in [6, 6.07) is 7.31. The molecule has 0 saturated heterocycles. The lowest BCUT2D eigenvalue weighted by Gasteiger charge is -2.08. The van der Waals surface area contributed by atoms with Crippen LogP contribution in [-0.2, 0) is 0 Å². The molecule has 0 aromatic heterocycles. The van der Waals surface area contributed by atoms with Gasteiger partial charge in [-0.05, 0) is 12.1 Å². The Kier molecular flexibility index (Phi) is 6.64. The van der Waals surface area contributed by atoms with E-state index in [2.05, 4.69) is 0 Å². The molecule has 3 nitrogen and oxygen atoms in total. The van der Waals surface area contributed by atoms with E-state index in [9.17, 15) is 0 Å². The zero-order valence-corrected chi connectivity index (χ0v) is 10.4. The molecule has 0 aliphatic heterocycles. The summed E-state index contributed by atoms with van der Waals surface area (Å²) in [6.07, 6.45) is -0.648. The van der Waals surface area contributed by atoms with Crippen LogP contribution in [0.5, 0.6) is 5.75 Å². The number of thioether (sulfide) groups is 1. The molecule has 0 saturated carbocycles. The van der Waals surface area contributed by atoms with E-state index in [0.717, 1.165) is 5.75 Å². The number of aliphatic hydroxyl groups excluding tert-OH is 2. The van der Waals surface area contributed by atoms with E-state index in [1.54, 1.807) is 6.07 Å². The van der Waals surface area contributed by atoms with Crippen LogP contribution in [-0.4, -0.2) is 41.0 Å². The van der Waals surface area contributed by atoms with Crippen molar-refractivity contribution in [2.24, 2.45) is 0 Å². The highest BCUT2D eigenvalue weighted by Gasteiger charge is 2.02. The Morgan fingerprint density at radius 3 is 2.81 bits per heavy atom. The molecular weight excluding hydrogens is 248 g/mol. The van der Waals surface area contributed by atoms with Crippen molar-refractivity contribution < 1.29 is 14.9 Å². The minimum absolute atomic E-state index is 0.196. The molecule has 0 aliphatic carbocycles. The molecule has 0 heterocycles. The summed E-state index contributed by atoms with van der Waals surface area (Å²) in [5.74, 6) is 1.94. The summed E-state index contributed by atoms with van der Waals surface area (Å²) < 4.78 is 5.46. The van der Waals surface area contributed by atoms with Gasteiger partial charge in [0.1, 0.15) is 5.75 Å². The van der Waals surface area contributed by atoms with Gasteiger partial charge in [-0.3, -0.25) is 0 Å². The Hall–Kier alpha value is -0.420. The van der Waals surface area contributed by atoms with Crippen molar-refractivity contribution in [1.29, 1.82) is 0 Å². The number of hydrogen-bond donors (Lipinski definition) is 2. The third kappa shape index (κ3) is 5.07. The fourth-order valence-corrected chi connectivity index (χ4v) is 1.98. The summed E-state index contributed by atoms with van der Waals surface area (Å²) in [5.41, 5.74) is 0. The Balaban J connectivity index is 2.14. The van der Waals surface area contributed by atoms with Crippen molar-refractivity contribution in [2.75, 3.05) is 24.7 Å². The van der Waals surface area contributed by atoms with Crippen LogP contribution >= 0.6 is 23.4 Å². The molecule has 0 radical (unpaired) electrons. The number of hydrogen-bond acceptors (Lipinski definition) is 4. The summed E-state index contributed by atoms with van der Waals surface area (Å²) in [5, 5.41) is 18.3. The second kappa shape index (κ2) is 7.79. The fourth-order valence-electron chi connectivity index (χ4n) is 1.04. The lowest BCUT2D eigenvalue weighted by Crippen LogP contribution is -2.15. The zero-order chi connectivity index (χ0) is 11.8. The second-order valence-electron chi connectivity index (χ2n) is 3.19. The highest BCUT2D eigenvalue weighted by Crippen LogP contribution is 2.23. The fraction of sp³-hybridized carbons (Fsp3) is 0.455. The molecule has 0 fully saturated rings. The van der Waals surface area contributed by atoms with Crippen molar-refractivity contribution in [3.05, 3.63) is 29.3 Å². The van der Waals surface area contributed by atoms with Gasteiger partial charge >= 0.3 is 0 Å². The van der Waals surface area contributed by atoms with Gasteiger partial charge in [0.05, 0.1) is 24.3 Å². The maximum atomic E-state index is 9.09. The molecule has 1 unspecified atom stereocenters. The minimum atomic E-state index is -0.648. The van der Waals surface area contributed by atoms with Gasteiger partial charge in [-0.15, -0.1) is 0 Å². The largest absolute Gasteiger partial charge is 0.491 e. The van der Waals surface area contributed by atoms with Crippen LogP contribution in [0.3, 0.4) is 0 Å². The molecule has 0 aliphatic rings. The van der Waals surface area contributed by atoms with E-state index in [0.29, 0.717) is 23.1 Å². The van der Waals surface area contributed by atoms with Gasteiger partial charge in [-0.1, -0.05) is 23.7 Å². The molecule has 1 aromatic rings. The van der Waals surface area contributed by atoms with Gasteiger partial charge in [0, 0.05) is 11.5 Å². The van der Waals surface area contributed by atoms with Crippen molar-refractivity contribution in [3.63, 3.8) is 0 Å². The van der Waals surface area contributed by atoms with Crippen LogP contribution in [0, 0.1) is 0 Å². The smallest absolute Gasteiger partial charge is 0.137 e. The predicted octanol–water partition coefficient (Wildman–Crippen LogP) is 1.81. The van der Waals surface area contributed by atoms with Crippen molar-refractivity contribution in [2.45, 2.75) is 6.10 Å². The summed E-state index contributed by atoms with van der Waals surface area (Å²) >= 11 is 7.44. The Morgan fingerprint density at radius 2 is 2.12 bits per heavy atom. The van der Waals surface area contributed by atoms with Crippen molar-refractivity contribution in [1.82, 2.24) is 0 Å². The third-order valence-electron chi connectivity index (χ3n) is 1.84. The van der Waals surface area contributed by atoms with Gasteiger partial charge in [-0.2, -0.15) is 11.8 Å². The first-order valence-electron chi connectivity index (χ1n) is 4.98. The molecule has 0 amide bonds. The van der Waals surface area contributed by atoms with Crippen LogP contribution in [0.4, 0.5) is 0 Å². The minimum Gasteiger partial charge on any atom is -0.491 e. The van der Waals surface area contributed by atoms with Gasteiger partial charge in [0.2, 0.25) is 0 Å². The van der Waals surface area contributed by atoms with E-state index < -0.39 is 6.10 Å². The normalized spacial score (nSPS) is 12.4. The van der Waals surface area contributed by atoms with Crippen LogP contribution < -0.4 is 4.74 Å². The monoisotopic (exact) mass is 262 g/mol. The van der Waals surface area contributed by atoms with Crippen molar-refractivity contribution >= 4 is 23.4 Å². The van der Waals surface area contributed by atoms with E-state index in [-0.39, 0.29) is 6.61 Å². The summed E-state index contributed by atoms with van der Waals surface area (Å²) in [4.78, 5) is 0. The first-order valence-corrected chi connectivity index (χ1v) is 6.51. The third-order valence-corrected chi connectivity index (χ3v) is 3.23. The van der Waals surface area contributed by atoms with Gasteiger partial charge in [0.25, 0.3) is 0 Å². The molecule has 2 N–H and O–H groups in total.